The van der Waals surface area contributed by atoms with Gasteiger partial charge in [-0.2, -0.15) is 0 Å². The molecule has 1 atom stereocenters. The van der Waals surface area contributed by atoms with Crippen molar-refractivity contribution in [3.05, 3.63) is 64.7 Å². The molecule has 2 aromatic rings. The van der Waals surface area contributed by atoms with Crippen LogP contribution in [0.4, 0.5) is 0 Å². The summed E-state index contributed by atoms with van der Waals surface area (Å²) in [5.74, 6) is -0.962. The number of rotatable bonds is 10. The second-order valence-electron chi connectivity index (χ2n) is 8.91. The minimum Gasteiger partial charge on any atom is -0.354 e. The highest BCUT2D eigenvalue weighted by atomic mass is 35.5. The smallest absolute Gasteiger partial charge is 0.269 e. The van der Waals surface area contributed by atoms with Crippen LogP contribution in [-0.4, -0.2) is 54.5 Å². The molecule has 1 aliphatic rings. The molecule has 0 saturated heterocycles. The molecule has 2 aromatic carbocycles. The quantitative estimate of drug-likeness (QED) is 0.517. The normalized spacial score (nSPS) is 15.1. The van der Waals surface area contributed by atoms with Crippen molar-refractivity contribution >= 4 is 39.3 Å². The first-order valence-corrected chi connectivity index (χ1v) is 13.3. The fourth-order valence-corrected chi connectivity index (χ4v) is 5.62. The molecule has 0 bridgehead atoms. The lowest BCUT2D eigenvalue weighted by molar-refractivity contribution is -0.140. The lowest BCUT2D eigenvalue weighted by atomic mass is 10.1. The van der Waals surface area contributed by atoms with Crippen molar-refractivity contribution in [2.24, 2.45) is 5.92 Å². The predicted molar refractivity (Wildman–Crippen MR) is 133 cm³/mol. The van der Waals surface area contributed by atoms with Crippen LogP contribution >= 0.6 is 11.6 Å². The van der Waals surface area contributed by atoms with E-state index < -0.39 is 22.0 Å². The van der Waals surface area contributed by atoms with Gasteiger partial charge in [-0.15, -0.1) is 0 Å². The van der Waals surface area contributed by atoms with E-state index in [2.05, 4.69) is 5.32 Å². The Labute approximate surface area is 211 Å². The molecule has 1 heterocycles. The molecule has 1 N–H and O–H groups in total. The fraction of sp³-hybridized carbons (Fsp3) is 0.400. The standard InChI is InChI=1S/C25H30ClN3O5S/c1-17(2)15-27-24(31)18(3)28(16-19-9-4-6-11-21(19)26)23(30)13-8-14-29-25(32)20-10-5-7-12-22(20)35(29,33)34/h4-7,9-12,17-18H,8,13-16H2,1-3H3,(H,27,31). The molecule has 3 rings (SSSR count). The summed E-state index contributed by atoms with van der Waals surface area (Å²) in [5.41, 5.74) is 0.827. The summed E-state index contributed by atoms with van der Waals surface area (Å²) < 4.78 is 26.3. The number of fused-ring (bicyclic) bond motifs is 1. The van der Waals surface area contributed by atoms with E-state index in [9.17, 15) is 22.8 Å². The van der Waals surface area contributed by atoms with Gasteiger partial charge in [0.15, 0.2) is 0 Å². The first-order chi connectivity index (χ1) is 16.5. The van der Waals surface area contributed by atoms with E-state index in [4.69, 9.17) is 11.6 Å². The molecule has 0 radical (unpaired) electrons. The van der Waals surface area contributed by atoms with Gasteiger partial charge in [0.1, 0.15) is 10.9 Å². The SMILES string of the molecule is CC(C)CNC(=O)C(C)N(Cc1ccccc1Cl)C(=O)CCCN1C(=O)c2ccccc2S1(=O)=O. The summed E-state index contributed by atoms with van der Waals surface area (Å²) in [6.07, 6.45) is 0.0824. The highest BCUT2D eigenvalue weighted by molar-refractivity contribution is 7.90. The number of nitrogens with one attached hydrogen (secondary N) is 1. The van der Waals surface area contributed by atoms with Crippen molar-refractivity contribution in [1.29, 1.82) is 0 Å². The third kappa shape index (κ3) is 6.02. The van der Waals surface area contributed by atoms with Gasteiger partial charge in [0.25, 0.3) is 15.9 Å². The van der Waals surface area contributed by atoms with E-state index in [1.165, 1.54) is 17.0 Å². The number of nitrogens with zero attached hydrogens (tertiary/aromatic N) is 2. The Morgan fingerprint density at radius 1 is 1.06 bits per heavy atom. The maximum Gasteiger partial charge on any atom is 0.269 e. The first kappa shape index (κ1) is 26.7. The minimum atomic E-state index is -3.94. The maximum atomic E-state index is 13.2. The van der Waals surface area contributed by atoms with E-state index in [0.29, 0.717) is 17.1 Å². The lowest BCUT2D eigenvalue weighted by Crippen LogP contribution is -2.48. The second-order valence-corrected chi connectivity index (χ2v) is 11.1. The van der Waals surface area contributed by atoms with Crippen LogP contribution < -0.4 is 5.32 Å². The van der Waals surface area contributed by atoms with Crippen LogP contribution in [-0.2, 0) is 26.2 Å². The van der Waals surface area contributed by atoms with E-state index in [1.54, 1.807) is 43.3 Å². The van der Waals surface area contributed by atoms with Crippen molar-refractivity contribution < 1.29 is 22.8 Å². The van der Waals surface area contributed by atoms with Crippen molar-refractivity contribution in [1.82, 2.24) is 14.5 Å². The van der Waals surface area contributed by atoms with E-state index in [-0.39, 0.29) is 54.1 Å². The average molecular weight is 520 g/mol. The Morgan fingerprint density at radius 3 is 2.37 bits per heavy atom. The molecule has 3 amide bonds. The van der Waals surface area contributed by atoms with Crippen molar-refractivity contribution in [3.8, 4) is 0 Å². The number of hydrogen-bond donors (Lipinski definition) is 1. The predicted octanol–water partition coefficient (Wildman–Crippen LogP) is 3.45. The van der Waals surface area contributed by atoms with E-state index in [0.717, 1.165) is 4.31 Å². The molecule has 0 aliphatic carbocycles. The van der Waals surface area contributed by atoms with Crippen LogP contribution in [0.2, 0.25) is 5.02 Å². The number of carbonyl (C=O) groups excluding carboxylic acids is 3. The lowest BCUT2D eigenvalue weighted by Gasteiger charge is -2.29. The van der Waals surface area contributed by atoms with Gasteiger partial charge in [-0.25, -0.2) is 12.7 Å². The molecular weight excluding hydrogens is 490 g/mol. The summed E-state index contributed by atoms with van der Waals surface area (Å²) in [5, 5.41) is 3.33. The van der Waals surface area contributed by atoms with Gasteiger partial charge in [0, 0.05) is 31.1 Å². The topological polar surface area (TPSA) is 104 Å². The van der Waals surface area contributed by atoms with Crippen LogP contribution in [0, 0.1) is 5.92 Å². The van der Waals surface area contributed by atoms with Crippen molar-refractivity contribution in [2.75, 3.05) is 13.1 Å². The van der Waals surface area contributed by atoms with Gasteiger partial charge in [-0.1, -0.05) is 55.8 Å². The summed E-state index contributed by atoms with van der Waals surface area (Å²) in [6.45, 7) is 6.08. The Hall–Kier alpha value is -2.91. The van der Waals surface area contributed by atoms with Gasteiger partial charge < -0.3 is 10.2 Å². The van der Waals surface area contributed by atoms with E-state index >= 15 is 0 Å². The fourth-order valence-electron chi connectivity index (χ4n) is 3.81. The summed E-state index contributed by atoms with van der Waals surface area (Å²) >= 11 is 6.29. The van der Waals surface area contributed by atoms with Crippen LogP contribution in [0.15, 0.2) is 53.4 Å². The number of halogens is 1. The zero-order valence-electron chi connectivity index (χ0n) is 20.0. The van der Waals surface area contributed by atoms with Crippen LogP contribution in [0.3, 0.4) is 0 Å². The Morgan fingerprint density at radius 2 is 1.71 bits per heavy atom. The number of hydrogen-bond acceptors (Lipinski definition) is 5. The van der Waals surface area contributed by atoms with Crippen LogP contribution in [0.25, 0.3) is 0 Å². The number of sulfonamides is 1. The second kappa shape index (κ2) is 11.2. The third-order valence-electron chi connectivity index (χ3n) is 5.81. The largest absolute Gasteiger partial charge is 0.354 e. The molecule has 0 saturated carbocycles. The highest BCUT2D eigenvalue weighted by Gasteiger charge is 2.40. The maximum absolute atomic E-state index is 13.2. The monoisotopic (exact) mass is 519 g/mol. The van der Waals surface area contributed by atoms with Crippen molar-refractivity contribution in [2.45, 2.75) is 51.1 Å². The zero-order valence-corrected chi connectivity index (χ0v) is 21.6. The van der Waals surface area contributed by atoms with Gasteiger partial charge in [-0.3, -0.25) is 14.4 Å². The molecule has 8 nitrogen and oxygen atoms in total. The Balaban J connectivity index is 1.71. The Kier molecular flexibility index (Phi) is 8.56. The van der Waals surface area contributed by atoms with Crippen LogP contribution in [0.1, 0.15) is 49.5 Å². The molecule has 188 valence electrons. The summed E-state index contributed by atoms with van der Waals surface area (Å²) in [7, 11) is -3.94. The molecule has 10 heteroatoms. The van der Waals surface area contributed by atoms with Gasteiger partial charge in [0.2, 0.25) is 11.8 Å². The Bertz CT molecular complexity index is 1220. The summed E-state index contributed by atoms with van der Waals surface area (Å²) in [6, 6.07) is 12.4. The number of benzene rings is 2. The van der Waals surface area contributed by atoms with Gasteiger partial charge in [0.05, 0.1) is 5.56 Å². The van der Waals surface area contributed by atoms with Gasteiger partial charge >= 0.3 is 0 Å². The third-order valence-corrected chi connectivity index (χ3v) is 8.02. The minimum absolute atomic E-state index is 0.0212. The first-order valence-electron chi connectivity index (χ1n) is 11.5. The molecule has 0 fully saturated rings. The molecule has 1 aliphatic heterocycles. The molecule has 0 spiro atoms. The molecule has 0 aromatic heterocycles. The van der Waals surface area contributed by atoms with Gasteiger partial charge in [-0.05, 0) is 43.0 Å². The average Bonchev–Trinajstić information content (AvgIpc) is 3.02. The molecule has 35 heavy (non-hydrogen) atoms. The number of amides is 3. The molecular formula is C25H30ClN3O5S. The van der Waals surface area contributed by atoms with Crippen LogP contribution in [0.5, 0.6) is 0 Å². The molecule has 1 unspecified atom stereocenters. The zero-order chi connectivity index (χ0) is 25.8. The highest BCUT2D eigenvalue weighted by Crippen LogP contribution is 2.30. The number of carbonyl (C=O) groups is 3. The van der Waals surface area contributed by atoms with Crippen molar-refractivity contribution in [3.63, 3.8) is 0 Å². The summed E-state index contributed by atoms with van der Waals surface area (Å²) in [4.78, 5) is 40.0. The van der Waals surface area contributed by atoms with E-state index in [1.807, 2.05) is 13.8 Å².